The standard InChI is InChI=1S/C19H23FN4O2/c20-16-12-22-18(23-13-16)24-8-5-19(6-9-24)15(4-11-26-19)3-10-25-17-2-1-7-21-14-17/h1-2,7,12-15H,3-6,8-11H2/t15-/m0/s1. The zero-order valence-corrected chi connectivity index (χ0v) is 14.7. The molecular formula is C19H23FN4O2. The normalized spacial score (nSPS) is 21.9. The van der Waals surface area contributed by atoms with Gasteiger partial charge in [-0.15, -0.1) is 0 Å². The van der Waals surface area contributed by atoms with Crippen LogP contribution in [0.15, 0.2) is 36.9 Å². The van der Waals surface area contributed by atoms with E-state index in [1.807, 2.05) is 12.1 Å². The molecule has 2 fully saturated rings. The minimum Gasteiger partial charge on any atom is -0.492 e. The van der Waals surface area contributed by atoms with E-state index in [1.165, 1.54) is 12.4 Å². The van der Waals surface area contributed by atoms with E-state index >= 15 is 0 Å². The molecule has 2 aliphatic rings. The Hall–Kier alpha value is -2.28. The molecule has 6 nitrogen and oxygen atoms in total. The van der Waals surface area contributed by atoms with Gasteiger partial charge in [0.05, 0.1) is 30.8 Å². The molecule has 26 heavy (non-hydrogen) atoms. The molecule has 0 unspecified atom stereocenters. The van der Waals surface area contributed by atoms with Gasteiger partial charge < -0.3 is 14.4 Å². The van der Waals surface area contributed by atoms with Crippen molar-refractivity contribution in [1.82, 2.24) is 15.0 Å². The second kappa shape index (κ2) is 7.53. The predicted molar refractivity (Wildman–Crippen MR) is 94.6 cm³/mol. The van der Waals surface area contributed by atoms with Crippen LogP contribution in [0, 0.1) is 11.7 Å². The first kappa shape index (κ1) is 17.1. The van der Waals surface area contributed by atoms with Crippen molar-refractivity contribution in [2.75, 3.05) is 31.2 Å². The lowest BCUT2D eigenvalue weighted by Crippen LogP contribution is -2.48. The molecule has 0 amide bonds. The van der Waals surface area contributed by atoms with Crippen LogP contribution in [-0.2, 0) is 4.74 Å². The average molecular weight is 358 g/mol. The van der Waals surface area contributed by atoms with Crippen LogP contribution in [0.5, 0.6) is 5.75 Å². The summed E-state index contributed by atoms with van der Waals surface area (Å²) in [6.07, 6.45) is 9.84. The highest BCUT2D eigenvalue weighted by molar-refractivity contribution is 5.30. The van der Waals surface area contributed by atoms with Gasteiger partial charge in [-0.3, -0.25) is 4.98 Å². The number of hydrogen-bond acceptors (Lipinski definition) is 6. The van der Waals surface area contributed by atoms with Crippen molar-refractivity contribution >= 4 is 5.95 Å². The number of nitrogens with zero attached hydrogens (tertiary/aromatic N) is 4. The fraction of sp³-hybridized carbons (Fsp3) is 0.526. The number of halogens is 1. The average Bonchev–Trinajstić information content (AvgIpc) is 3.06. The Balaban J connectivity index is 1.32. The predicted octanol–water partition coefficient (Wildman–Crippen LogP) is 2.86. The van der Waals surface area contributed by atoms with Crippen molar-refractivity contribution in [3.8, 4) is 5.75 Å². The molecule has 7 heteroatoms. The summed E-state index contributed by atoms with van der Waals surface area (Å²) in [5, 5.41) is 0. The van der Waals surface area contributed by atoms with Crippen LogP contribution in [0.3, 0.4) is 0 Å². The maximum atomic E-state index is 13.0. The van der Waals surface area contributed by atoms with Crippen LogP contribution in [-0.4, -0.2) is 46.9 Å². The Morgan fingerprint density at radius 3 is 2.77 bits per heavy atom. The molecule has 4 rings (SSSR count). The minimum absolute atomic E-state index is 0.0746. The molecule has 0 aromatic carbocycles. The Bertz CT molecular complexity index is 705. The summed E-state index contributed by atoms with van der Waals surface area (Å²) < 4.78 is 25.0. The first-order valence-electron chi connectivity index (χ1n) is 9.14. The summed E-state index contributed by atoms with van der Waals surface area (Å²) >= 11 is 0. The van der Waals surface area contributed by atoms with Crippen molar-refractivity contribution < 1.29 is 13.9 Å². The molecule has 2 saturated heterocycles. The molecule has 0 saturated carbocycles. The van der Waals surface area contributed by atoms with Crippen LogP contribution in [0.4, 0.5) is 10.3 Å². The second-order valence-corrected chi connectivity index (χ2v) is 6.91. The monoisotopic (exact) mass is 358 g/mol. The highest BCUT2D eigenvalue weighted by atomic mass is 19.1. The zero-order valence-electron chi connectivity index (χ0n) is 14.7. The Morgan fingerprint density at radius 1 is 1.23 bits per heavy atom. The second-order valence-electron chi connectivity index (χ2n) is 6.91. The molecule has 2 aromatic rings. The third kappa shape index (κ3) is 3.62. The van der Waals surface area contributed by atoms with Crippen LogP contribution in [0.25, 0.3) is 0 Å². The number of hydrogen-bond donors (Lipinski definition) is 0. The van der Waals surface area contributed by atoms with E-state index in [1.54, 1.807) is 12.4 Å². The van der Waals surface area contributed by atoms with Gasteiger partial charge in [0.1, 0.15) is 5.75 Å². The zero-order chi connectivity index (χ0) is 17.8. The van der Waals surface area contributed by atoms with E-state index in [4.69, 9.17) is 9.47 Å². The van der Waals surface area contributed by atoms with E-state index in [2.05, 4.69) is 19.9 Å². The molecule has 1 spiro atoms. The third-order valence-electron chi connectivity index (χ3n) is 5.47. The Kier molecular flexibility index (Phi) is 4.97. The van der Waals surface area contributed by atoms with Crippen LogP contribution >= 0.6 is 0 Å². The van der Waals surface area contributed by atoms with E-state index < -0.39 is 5.82 Å². The summed E-state index contributed by atoms with van der Waals surface area (Å²) in [5.41, 5.74) is -0.0746. The topological polar surface area (TPSA) is 60.4 Å². The van der Waals surface area contributed by atoms with Gasteiger partial charge in [-0.1, -0.05) is 0 Å². The first-order valence-corrected chi connectivity index (χ1v) is 9.14. The van der Waals surface area contributed by atoms with Gasteiger partial charge in [0.15, 0.2) is 5.82 Å². The number of aromatic nitrogens is 3. The van der Waals surface area contributed by atoms with Crippen molar-refractivity contribution in [3.63, 3.8) is 0 Å². The minimum atomic E-state index is -0.407. The SMILES string of the molecule is Fc1cnc(N2CCC3(CC2)OCC[C@@H]3CCOc2cccnc2)nc1. The van der Waals surface area contributed by atoms with Crippen molar-refractivity contribution in [1.29, 1.82) is 0 Å². The van der Waals surface area contributed by atoms with Gasteiger partial charge in [-0.2, -0.15) is 0 Å². The van der Waals surface area contributed by atoms with E-state index in [-0.39, 0.29) is 5.60 Å². The largest absolute Gasteiger partial charge is 0.492 e. The lowest BCUT2D eigenvalue weighted by molar-refractivity contribution is -0.0442. The van der Waals surface area contributed by atoms with Crippen LogP contribution in [0.1, 0.15) is 25.7 Å². The fourth-order valence-electron chi connectivity index (χ4n) is 4.05. The number of pyridine rings is 1. The quantitative estimate of drug-likeness (QED) is 0.819. The lowest BCUT2D eigenvalue weighted by atomic mass is 9.78. The molecule has 0 aliphatic carbocycles. The van der Waals surface area contributed by atoms with Gasteiger partial charge >= 0.3 is 0 Å². The van der Waals surface area contributed by atoms with Crippen LogP contribution in [0.2, 0.25) is 0 Å². The van der Waals surface area contributed by atoms with Gasteiger partial charge in [-0.05, 0) is 43.7 Å². The smallest absolute Gasteiger partial charge is 0.225 e. The van der Waals surface area contributed by atoms with Gasteiger partial charge in [0.2, 0.25) is 5.95 Å². The molecule has 0 bridgehead atoms. The summed E-state index contributed by atoms with van der Waals surface area (Å²) in [6, 6.07) is 3.80. The maximum Gasteiger partial charge on any atom is 0.225 e. The molecule has 138 valence electrons. The maximum absolute atomic E-state index is 13.0. The molecule has 0 radical (unpaired) electrons. The summed E-state index contributed by atoms with van der Waals surface area (Å²) in [7, 11) is 0. The number of piperidine rings is 1. The van der Waals surface area contributed by atoms with Gasteiger partial charge in [0.25, 0.3) is 0 Å². The Morgan fingerprint density at radius 2 is 2.04 bits per heavy atom. The van der Waals surface area contributed by atoms with Crippen molar-refractivity contribution in [3.05, 3.63) is 42.7 Å². The van der Waals surface area contributed by atoms with Gasteiger partial charge in [0, 0.05) is 25.9 Å². The number of anilines is 1. The van der Waals surface area contributed by atoms with Crippen LogP contribution < -0.4 is 9.64 Å². The van der Waals surface area contributed by atoms with E-state index in [0.717, 1.165) is 51.1 Å². The van der Waals surface area contributed by atoms with Gasteiger partial charge in [-0.25, -0.2) is 14.4 Å². The number of rotatable bonds is 5. The van der Waals surface area contributed by atoms with E-state index in [9.17, 15) is 4.39 Å². The summed E-state index contributed by atoms with van der Waals surface area (Å²) in [4.78, 5) is 14.4. The summed E-state index contributed by atoms with van der Waals surface area (Å²) in [5.74, 6) is 1.49. The molecule has 1 atom stereocenters. The summed E-state index contributed by atoms with van der Waals surface area (Å²) in [6.45, 7) is 3.13. The first-order chi connectivity index (χ1) is 12.8. The van der Waals surface area contributed by atoms with E-state index in [0.29, 0.717) is 18.5 Å². The highest BCUT2D eigenvalue weighted by Gasteiger charge is 2.46. The molecule has 2 aliphatic heterocycles. The number of ether oxygens (including phenoxy) is 2. The molecule has 4 heterocycles. The fourth-order valence-corrected chi connectivity index (χ4v) is 4.05. The highest BCUT2D eigenvalue weighted by Crippen LogP contribution is 2.42. The molecule has 0 N–H and O–H groups in total. The van der Waals surface area contributed by atoms with Crippen molar-refractivity contribution in [2.45, 2.75) is 31.3 Å². The lowest BCUT2D eigenvalue weighted by Gasteiger charge is -2.42. The third-order valence-corrected chi connectivity index (χ3v) is 5.47. The molecule has 2 aromatic heterocycles. The molecular weight excluding hydrogens is 335 g/mol. The Labute approximate surface area is 152 Å². The van der Waals surface area contributed by atoms with Crippen molar-refractivity contribution in [2.24, 2.45) is 5.92 Å².